The minimum absolute atomic E-state index is 0.0356. The van der Waals surface area contributed by atoms with Gasteiger partial charge in [0, 0.05) is 5.56 Å². The third-order valence-electron chi connectivity index (χ3n) is 4.85. The summed E-state index contributed by atoms with van der Waals surface area (Å²) in [6.45, 7) is 4.19. The molecule has 0 saturated carbocycles. The van der Waals surface area contributed by atoms with Crippen molar-refractivity contribution >= 4 is 5.91 Å². The van der Waals surface area contributed by atoms with Crippen molar-refractivity contribution in [3.05, 3.63) is 101 Å². The first-order valence-electron chi connectivity index (χ1n) is 9.12. The van der Waals surface area contributed by atoms with Crippen LogP contribution < -0.4 is 10.1 Å². The van der Waals surface area contributed by atoms with Crippen molar-refractivity contribution in [1.29, 1.82) is 0 Å². The van der Waals surface area contributed by atoms with E-state index in [2.05, 4.69) is 37.4 Å². The molecule has 3 nitrogen and oxygen atoms in total. The highest BCUT2D eigenvalue weighted by molar-refractivity contribution is 5.80. The first-order valence-corrected chi connectivity index (χ1v) is 9.12. The number of carbonyl (C=O) groups excluding carboxylic acids is 1. The van der Waals surface area contributed by atoms with Crippen molar-refractivity contribution in [1.82, 2.24) is 5.32 Å². The molecule has 0 radical (unpaired) electrons. The molecule has 3 heteroatoms. The quantitative estimate of drug-likeness (QED) is 0.689. The van der Waals surface area contributed by atoms with Crippen LogP contribution in [0.2, 0.25) is 0 Å². The van der Waals surface area contributed by atoms with Gasteiger partial charge in [-0.05, 0) is 42.2 Å². The second kappa shape index (κ2) is 8.54. The molecule has 0 aliphatic carbocycles. The zero-order valence-electron chi connectivity index (χ0n) is 16.0. The molecule has 0 unspecified atom stereocenters. The third-order valence-corrected chi connectivity index (χ3v) is 4.85. The normalized spacial score (nSPS) is 11.7. The summed E-state index contributed by atoms with van der Waals surface area (Å²) in [5.74, 6) is 0.696. The van der Waals surface area contributed by atoms with Gasteiger partial charge in [-0.3, -0.25) is 4.79 Å². The predicted octanol–water partition coefficient (Wildman–Crippen LogP) is 4.76. The minimum atomic E-state index is -0.187. The van der Waals surface area contributed by atoms with Gasteiger partial charge in [0.25, 0.3) is 0 Å². The number of rotatable bonds is 6. The van der Waals surface area contributed by atoms with Crippen molar-refractivity contribution in [2.45, 2.75) is 26.3 Å². The Morgan fingerprint density at radius 1 is 0.889 bits per heavy atom. The van der Waals surface area contributed by atoms with Crippen molar-refractivity contribution in [3.63, 3.8) is 0 Å². The van der Waals surface area contributed by atoms with Gasteiger partial charge in [0.1, 0.15) is 5.75 Å². The topological polar surface area (TPSA) is 38.3 Å². The molecule has 0 heterocycles. The fraction of sp³-hybridized carbons (Fsp3) is 0.208. The number of aryl methyl sites for hydroxylation is 2. The summed E-state index contributed by atoms with van der Waals surface area (Å²) in [6.07, 6.45) is 0.276. The maximum absolute atomic E-state index is 12.8. The number of hydrogen-bond acceptors (Lipinski definition) is 2. The van der Waals surface area contributed by atoms with Gasteiger partial charge in [0.2, 0.25) is 5.91 Å². The van der Waals surface area contributed by atoms with Crippen LogP contribution in [0, 0.1) is 13.8 Å². The van der Waals surface area contributed by atoms with Crippen LogP contribution in [0.5, 0.6) is 5.75 Å². The lowest BCUT2D eigenvalue weighted by atomic mass is 9.95. The Kier molecular flexibility index (Phi) is 5.92. The van der Waals surface area contributed by atoms with Gasteiger partial charge in [-0.1, -0.05) is 66.7 Å². The molecular weight excluding hydrogens is 334 g/mol. The molecule has 3 aromatic carbocycles. The molecule has 27 heavy (non-hydrogen) atoms. The SMILES string of the molecule is COc1ccccc1CC(=O)N[C@H](c1ccccc1)c1ccc(C)c(C)c1. The molecular formula is C24H25NO2. The molecule has 0 bridgehead atoms. The maximum atomic E-state index is 12.8. The fourth-order valence-electron chi connectivity index (χ4n) is 3.18. The van der Waals surface area contributed by atoms with E-state index in [1.807, 2.05) is 54.6 Å². The largest absolute Gasteiger partial charge is 0.496 e. The number of amides is 1. The second-order valence-corrected chi connectivity index (χ2v) is 6.74. The van der Waals surface area contributed by atoms with E-state index in [1.165, 1.54) is 11.1 Å². The summed E-state index contributed by atoms with van der Waals surface area (Å²) >= 11 is 0. The number of benzene rings is 3. The molecule has 0 saturated heterocycles. The van der Waals surface area contributed by atoms with Gasteiger partial charge >= 0.3 is 0 Å². The highest BCUT2D eigenvalue weighted by Crippen LogP contribution is 2.25. The van der Waals surface area contributed by atoms with E-state index >= 15 is 0 Å². The molecule has 0 aliphatic rings. The average molecular weight is 359 g/mol. The van der Waals surface area contributed by atoms with E-state index in [1.54, 1.807) is 7.11 Å². The summed E-state index contributed by atoms with van der Waals surface area (Å²) in [4.78, 5) is 12.8. The Hall–Kier alpha value is -3.07. The van der Waals surface area contributed by atoms with Crippen molar-refractivity contribution in [2.24, 2.45) is 0 Å². The number of methoxy groups -OCH3 is 1. The van der Waals surface area contributed by atoms with Crippen LogP contribution in [0.25, 0.3) is 0 Å². The Bertz CT molecular complexity index is 919. The molecule has 0 aliphatic heterocycles. The lowest BCUT2D eigenvalue weighted by molar-refractivity contribution is -0.121. The Morgan fingerprint density at radius 3 is 2.30 bits per heavy atom. The summed E-state index contributed by atoms with van der Waals surface area (Å²) in [6, 6.07) is 23.8. The standard InChI is InChI=1S/C24H25NO2/c1-17-13-14-21(15-18(17)2)24(19-9-5-4-6-10-19)25-23(26)16-20-11-7-8-12-22(20)27-3/h4-15,24H,16H2,1-3H3,(H,25,26)/t24-/m1/s1. The van der Waals surface area contributed by atoms with Crippen molar-refractivity contribution in [3.8, 4) is 5.75 Å². The van der Waals surface area contributed by atoms with Crippen LogP contribution in [0.3, 0.4) is 0 Å². The number of hydrogen-bond donors (Lipinski definition) is 1. The van der Waals surface area contributed by atoms with Gasteiger partial charge in [-0.25, -0.2) is 0 Å². The monoisotopic (exact) mass is 359 g/mol. The summed E-state index contributed by atoms with van der Waals surface area (Å²) in [7, 11) is 1.62. The van der Waals surface area contributed by atoms with Crippen LogP contribution in [0.15, 0.2) is 72.8 Å². The first-order chi connectivity index (χ1) is 13.1. The van der Waals surface area contributed by atoms with Crippen LogP contribution in [-0.4, -0.2) is 13.0 Å². The summed E-state index contributed by atoms with van der Waals surface area (Å²) < 4.78 is 5.37. The van der Waals surface area contributed by atoms with Crippen molar-refractivity contribution in [2.75, 3.05) is 7.11 Å². The Balaban J connectivity index is 1.87. The van der Waals surface area contributed by atoms with Crippen molar-refractivity contribution < 1.29 is 9.53 Å². The third kappa shape index (κ3) is 4.56. The molecule has 1 N–H and O–H groups in total. The highest BCUT2D eigenvalue weighted by Gasteiger charge is 2.18. The number of ether oxygens (including phenoxy) is 1. The van der Waals surface area contributed by atoms with Crippen LogP contribution in [-0.2, 0) is 11.2 Å². The zero-order chi connectivity index (χ0) is 19.2. The smallest absolute Gasteiger partial charge is 0.225 e. The van der Waals surface area contributed by atoms with E-state index in [0.29, 0.717) is 0 Å². The summed E-state index contributed by atoms with van der Waals surface area (Å²) in [5.41, 5.74) is 5.48. The maximum Gasteiger partial charge on any atom is 0.225 e. The molecule has 0 fully saturated rings. The predicted molar refractivity (Wildman–Crippen MR) is 109 cm³/mol. The van der Waals surface area contributed by atoms with Gasteiger partial charge in [-0.15, -0.1) is 0 Å². The molecule has 1 amide bonds. The molecule has 1 atom stereocenters. The highest BCUT2D eigenvalue weighted by atomic mass is 16.5. The second-order valence-electron chi connectivity index (χ2n) is 6.74. The van der Waals surface area contributed by atoms with E-state index in [4.69, 9.17) is 4.74 Å². The van der Waals surface area contributed by atoms with Crippen LogP contribution in [0.4, 0.5) is 0 Å². The average Bonchev–Trinajstić information content (AvgIpc) is 2.69. The molecule has 138 valence electrons. The Labute approximate surface area is 161 Å². The van der Waals surface area contributed by atoms with Crippen LogP contribution in [0.1, 0.15) is 33.9 Å². The van der Waals surface area contributed by atoms with Gasteiger partial charge < -0.3 is 10.1 Å². The fourth-order valence-corrected chi connectivity index (χ4v) is 3.18. The van der Waals surface area contributed by atoms with E-state index in [0.717, 1.165) is 22.4 Å². The molecule has 3 aromatic rings. The summed E-state index contributed by atoms with van der Waals surface area (Å²) in [5, 5.41) is 3.20. The lowest BCUT2D eigenvalue weighted by Crippen LogP contribution is -2.30. The van der Waals surface area contributed by atoms with Gasteiger partial charge in [-0.2, -0.15) is 0 Å². The minimum Gasteiger partial charge on any atom is -0.496 e. The number of carbonyl (C=O) groups is 1. The Morgan fingerprint density at radius 2 is 1.59 bits per heavy atom. The zero-order valence-corrected chi connectivity index (χ0v) is 16.0. The van der Waals surface area contributed by atoms with E-state index in [-0.39, 0.29) is 18.4 Å². The molecule has 0 aromatic heterocycles. The van der Waals surface area contributed by atoms with E-state index < -0.39 is 0 Å². The first kappa shape index (κ1) is 18.7. The molecule has 3 rings (SSSR count). The number of para-hydroxylation sites is 1. The van der Waals surface area contributed by atoms with Gasteiger partial charge in [0.05, 0.1) is 19.6 Å². The van der Waals surface area contributed by atoms with Crippen LogP contribution >= 0.6 is 0 Å². The number of nitrogens with one attached hydrogen (secondary N) is 1. The molecule has 0 spiro atoms. The van der Waals surface area contributed by atoms with Gasteiger partial charge in [0.15, 0.2) is 0 Å². The van der Waals surface area contributed by atoms with E-state index in [9.17, 15) is 4.79 Å². The lowest BCUT2D eigenvalue weighted by Gasteiger charge is -2.21.